The Kier molecular flexibility index (Phi) is 4.57. The third-order valence-electron chi connectivity index (χ3n) is 6.04. The van der Waals surface area contributed by atoms with E-state index in [-0.39, 0.29) is 5.91 Å². The third-order valence-corrected chi connectivity index (χ3v) is 6.04. The van der Waals surface area contributed by atoms with Crippen molar-refractivity contribution in [1.29, 1.82) is 0 Å². The molecule has 2 aliphatic rings. The fourth-order valence-electron chi connectivity index (χ4n) is 4.56. The van der Waals surface area contributed by atoms with Crippen LogP contribution in [0.2, 0.25) is 0 Å². The summed E-state index contributed by atoms with van der Waals surface area (Å²) in [6.07, 6.45) is 3.07. The quantitative estimate of drug-likeness (QED) is 0.705. The van der Waals surface area contributed by atoms with Crippen LogP contribution in [-0.2, 0) is 19.4 Å². The number of piperazine rings is 1. The standard InChI is InChI=1S/C24H25N3O/c28-24(27-15-13-26(14-16-27)17-18-7-2-1-3-8-18)23-19-9-4-5-11-21(19)25-22-12-6-10-20(22)23/h1-5,7-9,11H,6,10,12-17H2. The summed E-state index contributed by atoms with van der Waals surface area (Å²) >= 11 is 0. The van der Waals surface area contributed by atoms with Crippen molar-refractivity contribution in [3.05, 3.63) is 77.0 Å². The fraction of sp³-hybridized carbons (Fsp3) is 0.333. The zero-order chi connectivity index (χ0) is 18.9. The van der Waals surface area contributed by atoms with Crippen LogP contribution in [-0.4, -0.2) is 46.9 Å². The fourth-order valence-corrected chi connectivity index (χ4v) is 4.56. The van der Waals surface area contributed by atoms with Gasteiger partial charge in [-0.3, -0.25) is 14.7 Å². The van der Waals surface area contributed by atoms with Crippen molar-refractivity contribution in [1.82, 2.24) is 14.8 Å². The zero-order valence-corrected chi connectivity index (χ0v) is 16.1. The minimum atomic E-state index is 0.191. The van der Waals surface area contributed by atoms with Crippen molar-refractivity contribution in [2.75, 3.05) is 26.2 Å². The number of fused-ring (bicyclic) bond motifs is 2. The third kappa shape index (κ3) is 3.18. The van der Waals surface area contributed by atoms with Gasteiger partial charge in [-0.2, -0.15) is 0 Å². The first-order chi connectivity index (χ1) is 13.8. The van der Waals surface area contributed by atoms with Crippen LogP contribution in [0.25, 0.3) is 10.9 Å². The average Bonchev–Trinajstić information content (AvgIpc) is 3.21. The van der Waals surface area contributed by atoms with E-state index in [0.29, 0.717) is 0 Å². The lowest BCUT2D eigenvalue weighted by molar-refractivity contribution is 0.0629. The van der Waals surface area contributed by atoms with Gasteiger partial charge in [0.1, 0.15) is 0 Å². The summed E-state index contributed by atoms with van der Waals surface area (Å²) in [5, 5.41) is 1.01. The van der Waals surface area contributed by atoms with E-state index in [0.717, 1.165) is 74.1 Å². The maximum Gasteiger partial charge on any atom is 0.254 e. The highest BCUT2D eigenvalue weighted by molar-refractivity contribution is 6.07. The summed E-state index contributed by atoms with van der Waals surface area (Å²) < 4.78 is 0. The maximum absolute atomic E-state index is 13.5. The van der Waals surface area contributed by atoms with Crippen LogP contribution in [0.1, 0.15) is 33.6 Å². The molecule has 4 heteroatoms. The molecule has 0 unspecified atom stereocenters. The summed E-state index contributed by atoms with van der Waals surface area (Å²) in [4.78, 5) is 22.8. The molecule has 0 N–H and O–H groups in total. The number of amides is 1. The second kappa shape index (κ2) is 7.36. The molecule has 1 amide bonds. The number of nitrogens with zero attached hydrogens (tertiary/aromatic N) is 3. The predicted octanol–water partition coefficient (Wildman–Crippen LogP) is 3.68. The van der Waals surface area contributed by atoms with E-state index in [1.165, 1.54) is 11.1 Å². The number of pyridine rings is 1. The minimum Gasteiger partial charge on any atom is -0.336 e. The Morgan fingerprint density at radius 1 is 0.893 bits per heavy atom. The molecule has 4 nitrogen and oxygen atoms in total. The van der Waals surface area contributed by atoms with Gasteiger partial charge >= 0.3 is 0 Å². The SMILES string of the molecule is O=C(c1c2c(nc3ccccc13)CCC2)N1CCN(Cc2ccccc2)CC1. The molecule has 1 aliphatic heterocycles. The van der Waals surface area contributed by atoms with Crippen molar-refractivity contribution >= 4 is 16.8 Å². The lowest BCUT2D eigenvalue weighted by Gasteiger charge is -2.35. The first-order valence-corrected chi connectivity index (χ1v) is 10.3. The molecule has 3 aromatic rings. The second-order valence-corrected chi connectivity index (χ2v) is 7.84. The van der Waals surface area contributed by atoms with Gasteiger partial charge in [-0.25, -0.2) is 0 Å². The van der Waals surface area contributed by atoms with Gasteiger partial charge in [-0.15, -0.1) is 0 Å². The number of para-hydroxylation sites is 1. The smallest absolute Gasteiger partial charge is 0.254 e. The molecule has 0 radical (unpaired) electrons. The maximum atomic E-state index is 13.5. The molecular weight excluding hydrogens is 346 g/mol. The molecule has 2 heterocycles. The van der Waals surface area contributed by atoms with Crippen LogP contribution in [0.15, 0.2) is 54.6 Å². The molecule has 1 aromatic heterocycles. The predicted molar refractivity (Wildman–Crippen MR) is 111 cm³/mol. The number of rotatable bonds is 3. The summed E-state index contributed by atoms with van der Waals surface area (Å²) in [5.74, 6) is 0.191. The van der Waals surface area contributed by atoms with Crippen molar-refractivity contribution in [3.8, 4) is 0 Å². The molecule has 1 fully saturated rings. The topological polar surface area (TPSA) is 36.4 Å². The second-order valence-electron chi connectivity index (χ2n) is 7.84. The lowest BCUT2D eigenvalue weighted by atomic mass is 9.99. The number of hydrogen-bond donors (Lipinski definition) is 0. The van der Waals surface area contributed by atoms with E-state index >= 15 is 0 Å². The number of carbonyl (C=O) groups excluding carboxylic acids is 1. The number of aryl methyl sites for hydroxylation is 1. The zero-order valence-electron chi connectivity index (χ0n) is 16.1. The molecule has 5 rings (SSSR count). The highest BCUT2D eigenvalue weighted by atomic mass is 16.2. The molecule has 0 atom stereocenters. The van der Waals surface area contributed by atoms with Crippen LogP contribution in [0.5, 0.6) is 0 Å². The van der Waals surface area contributed by atoms with E-state index in [1.54, 1.807) is 0 Å². The first kappa shape index (κ1) is 17.4. The molecule has 2 aromatic carbocycles. The summed E-state index contributed by atoms with van der Waals surface area (Å²) in [6, 6.07) is 18.7. The molecule has 0 bridgehead atoms. The van der Waals surface area contributed by atoms with Gasteiger partial charge in [-0.05, 0) is 36.5 Å². The van der Waals surface area contributed by atoms with Crippen LogP contribution in [0.3, 0.4) is 0 Å². The van der Waals surface area contributed by atoms with Crippen molar-refractivity contribution in [2.45, 2.75) is 25.8 Å². The normalized spacial score (nSPS) is 17.1. The largest absolute Gasteiger partial charge is 0.336 e. The Bertz CT molecular complexity index is 1010. The van der Waals surface area contributed by atoms with E-state index in [4.69, 9.17) is 4.98 Å². The summed E-state index contributed by atoms with van der Waals surface area (Å²) in [7, 11) is 0. The minimum absolute atomic E-state index is 0.191. The Labute approximate surface area is 165 Å². The lowest BCUT2D eigenvalue weighted by Crippen LogP contribution is -2.48. The van der Waals surface area contributed by atoms with Gasteiger partial charge in [0.25, 0.3) is 5.91 Å². The van der Waals surface area contributed by atoms with Crippen LogP contribution in [0.4, 0.5) is 0 Å². The van der Waals surface area contributed by atoms with Gasteiger partial charge in [0.2, 0.25) is 0 Å². The average molecular weight is 371 g/mol. The number of carbonyl (C=O) groups is 1. The van der Waals surface area contributed by atoms with Gasteiger partial charge in [0.15, 0.2) is 0 Å². The number of aromatic nitrogens is 1. The summed E-state index contributed by atoms with van der Waals surface area (Å²) in [6.45, 7) is 4.38. The van der Waals surface area contributed by atoms with E-state index in [9.17, 15) is 4.79 Å². The van der Waals surface area contributed by atoms with Gasteiger partial charge in [0, 0.05) is 43.8 Å². The van der Waals surface area contributed by atoms with Crippen molar-refractivity contribution in [3.63, 3.8) is 0 Å². The molecule has 1 saturated heterocycles. The Morgan fingerprint density at radius 2 is 1.64 bits per heavy atom. The van der Waals surface area contributed by atoms with Crippen LogP contribution in [0, 0.1) is 0 Å². The number of benzene rings is 2. The molecule has 28 heavy (non-hydrogen) atoms. The van der Waals surface area contributed by atoms with E-state index in [2.05, 4.69) is 41.3 Å². The highest BCUT2D eigenvalue weighted by Gasteiger charge is 2.28. The molecular formula is C24H25N3O. The van der Waals surface area contributed by atoms with E-state index < -0.39 is 0 Å². The highest BCUT2D eigenvalue weighted by Crippen LogP contribution is 2.31. The van der Waals surface area contributed by atoms with E-state index in [1.807, 2.05) is 23.1 Å². The van der Waals surface area contributed by atoms with Crippen LogP contribution >= 0.6 is 0 Å². The van der Waals surface area contributed by atoms with Crippen molar-refractivity contribution < 1.29 is 4.79 Å². The van der Waals surface area contributed by atoms with Crippen LogP contribution < -0.4 is 0 Å². The Hall–Kier alpha value is -2.72. The molecule has 0 saturated carbocycles. The molecule has 142 valence electrons. The Balaban J connectivity index is 1.37. The van der Waals surface area contributed by atoms with Gasteiger partial charge in [-0.1, -0.05) is 48.5 Å². The summed E-state index contributed by atoms with van der Waals surface area (Å²) in [5.41, 5.74) is 5.52. The first-order valence-electron chi connectivity index (χ1n) is 10.3. The van der Waals surface area contributed by atoms with Gasteiger partial charge in [0.05, 0.1) is 11.1 Å². The number of hydrogen-bond acceptors (Lipinski definition) is 3. The van der Waals surface area contributed by atoms with Gasteiger partial charge < -0.3 is 4.90 Å². The molecule has 0 spiro atoms. The Morgan fingerprint density at radius 3 is 2.46 bits per heavy atom. The monoisotopic (exact) mass is 371 g/mol. The van der Waals surface area contributed by atoms with Crippen molar-refractivity contribution in [2.24, 2.45) is 0 Å². The molecule has 1 aliphatic carbocycles.